The van der Waals surface area contributed by atoms with Gasteiger partial charge in [0, 0.05) is 6.42 Å². The fourth-order valence-corrected chi connectivity index (χ4v) is 1.49. The van der Waals surface area contributed by atoms with Crippen LogP contribution in [-0.2, 0) is 12.8 Å². The van der Waals surface area contributed by atoms with Crippen molar-refractivity contribution in [2.45, 2.75) is 33.6 Å². The van der Waals surface area contributed by atoms with Crippen LogP contribution in [-0.4, -0.2) is 0 Å². The first-order chi connectivity index (χ1) is 6.51. The van der Waals surface area contributed by atoms with Crippen LogP contribution in [0.1, 0.15) is 31.9 Å². The van der Waals surface area contributed by atoms with E-state index in [2.05, 4.69) is 51.0 Å². The quantitative estimate of drug-likeness (QED) is 0.619. The van der Waals surface area contributed by atoms with Gasteiger partial charge in [0.15, 0.2) is 0 Å². The molecular formula is C14H17. The third kappa shape index (κ3) is 3.66. The second-order valence-electron chi connectivity index (χ2n) is 4.91. The summed E-state index contributed by atoms with van der Waals surface area (Å²) in [5.41, 5.74) is 2.87. The van der Waals surface area contributed by atoms with Crippen molar-refractivity contribution in [3.63, 3.8) is 0 Å². The zero-order valence-electron chi connectivity index (χ0n) is 9.22. The van der Waals surface area contributed by atoms with E-state index in [0.29, 0.717) is 11.8 Å². The van der Waals surface area contributed by atoms with Gasteiger partial charge in [-0.3, -0.25) is 0 Å². The van der Waals surface area contributed by atoms with Crippen molar-refractivity contribution >= 4 is 0 Å². The fourth-order valence-electron chi connectivity index (χ4n) is 1.49. The van der Waals surface area contributed by atoms with E-state index in [9.17, 15) is 0 Å². The Balaban J connectivity index is 2.70. The lowest BCUT2D eigenvalue weighted by molar-refractivity contribution is 0.411. The molecule has 14 heavy (non-hydrogen) atoms. The summed E-state index contributed by atoms with van der Waals surface area (Å²) < 4.78 is 0. The Kier molecular flexibility index (Phi) is 3.36. The largest absolute Gasteiger partial charge is 0.0843 e. The highest BCUT2D eigenvalue weighted by Crippen LogP contribution is 2.20. The van der Waals surface area contributed by atoms with Gasteiger partial charge in [-0.1, -0.05) is 51.0 Å². The van der Waals surface area contributed by atoms with Gasteiger partial charge < -0.3 is 0 Å². The van der Waals surface area contributed by atoms with Crippen molar-refractivity contribution in [2.24, 2.45) is 5.41 Å². The Labute approximate surface area is 87.4 Å². The Morgan fingerprint density at radius 2 is 1.57 bits per heavy atom. The lowest BCUT2D eigenvalue weighted by atomic mass is 9.88. The highest BCUT2D eigenvalue weighted by Gasteiger charge is 2.10. The molecule has 1 rings (SSSR count). The van der Waals surface area contributed by atoms with Crippen LogP contribution in [0.3, 0.4) is 0 Å². The molecule has 0 saturated heterocycles. The molecule has 0 bridgehead atoms. The minimum absolute atomic E-state index is 0.342. The van der Waals surface area contributed by atoms with E-state index in [1.165, 1.54) is 5.56 Å². The van der Waals surface area contributed by atoms with Crippen molar-refractivity contribution < 1.29 is 0 Å². The number of hydrogen-bond donors (Lipinski definition) is 0. The average Bonchev–Trinajstić information content (AvgIpc) is 2.06. The Bertz CT molecular complexity index is 317. The molecule has 0 nitrogen and oxygen atoms in total. The van der Waals surface area contributed by atoms with Crippen LogP contribution in [0.2, 0.25) is 0 Å². The summed E-state index contributed by atoms with van der Waals surface area (Å²) in [5.74, 6) is 2.40. The fraction of sp³-hybridized carbons (Fsp3) is 0.429. The summed E-state index contributed by atoms with van der Waals surface area (Å²) >= 11 is 0. The first kappa shape index (κ1) is 10.9. The van der Waals surface area contributed by atoms with Crippen molar-refractivity contribution in [2.75, 3.05) is 0 Å². The normalized spacial score (nSPS) is 11.0. The molecule has 1 radical (unpaired) electrons. The second-order valence-corrected chi connectivity index (χ2v) is 4.91. The highest BCUT2D eigenvalue weighted by atomic mass is 14.2. The summed E-state index contributed by atoms with van der Waals surface area (Å²) in [6, 6.07) is 8.47. The van der Waals surface area contributed by atoms with Crippen molar-refractivity contribution in [3.05, 3.63) is 41.8 Å². The van der Waals surface area contributed by atoms with Gasteiger partial charge in [0.25, 0.3) is 0 Å². The van der Waals surface area contributed by atoms with E-state index in [1.54, 1.807) is 0 Å². The first-order valence-corrected chi connectivity index (χ1v) is 4.99. The van der Waals surface area contributed by atoms with E-state index < -0.39 is 0 Å². The summed E-state index contributed by atoms with van der Waals surface area (Å²) in [4.78, 5) is 0. The van der Waals surface area contributed by atoms with Gasteiger partial charge in [-0.05, 0) is 29.4 Å². The minimum atomic E-state index is 0.342. The Hall–Kier alpha value is -1.22. The molecule has 0 saturated carbocycles. The topological polar surface area (TPSA) is 0 Å². The number of hydrogen-bond acceptors (Lipinski definition) is 0. The zero-order chi connectivity index (χ0) is 10.6. The van der Waals surface area contributed by atoms with Crippen LogP contribution in [0.5, 0.6) is 0 Å². The van der Waals surface area contributed by atoms with E-state index in [-0.39, 0.29) is 0 Å². The van der Waals surface area contributed by atoms with Gasteiger partial charge in [0.1, 0.15) is 0 Å². The maximum atomic E-state index is 6.89. The first-order valence-electron chi connectivity index (χ1n) is 4.99. The van der Waals surface area contributed by atoms with E-state index in [4.69, 9.17) is 6.42 Å². The molecule has 1 aromatic carbocycles. The van der Waals surface area contributed by atoms with Crippen LogP contribution < -0.4 is 0 Å². The van der Waals surface area contributed by atoms with E-state index in [0.717, 1.165) is 12.0 Å². The second kappa shape index (κ2) is 4.33. The maximum absolute atomic E-state index is 6.89. The molecule has 0 aliphatic carbocycles. The Morgan fingerprint density at radius 1 is 1.07 bits per heavy atom. The predicted molar refractivity (Wildman–Crippen MR) is 60.4 cm³/mol. The predicted octanol–water partition coefficient (Wildman–Crippen LogP) is 3.41. The average molecular weight is 185 g/mol. The summed E-state index contributed by atoms with van der Waals surface area (Å²) in [6.45, 7) is 6.73. The van der Waals surface area contributed by atoms with Gasteiger partial charge in [0.2, 0.25) is 0 Å². The van der Waals surface area contributed by atoms with Gasteiger partial charge in [-0.15, -0.1) is 0 Å². The van der Waals surface area contributed by atoms with Crippen LogP contribution in [0.25, 0.3) is 0 Å². The van der Waals surface area contributed by atoms with E-state index >= 15 is 0 Å². The molecule has 73 valence electrons. The third-order valence-corrected chi connectivity index (χ3v) is 2.05. The van der Waals surface area contributed by atoms with Crippen molar-refractivity contribution in [1.29, 1.82) is 0 Å². The maximum Gasteiger partial charge on any atom is 0.0350 e. The van der Waals surface area contributed by atoms with Crippen LogP contribution >= 0.6 is 0 Å². The summed E-state index contributed by atoms with van der Waals surface area (Å²) in [7, 11) is 0. The minimum Gasteiger partial charge on any atom is -0.0843 e. The van der Waals surface area contributed by atoms with Gasteiger partial charge >= 0.3 is 0 Å². The van der Waals surface area contributed by atoms with Crippen LogP contribution in [0, 0.1) is 17.8 Å². The molecular weight excluding hydrogens is 168 g/mol. The lowest BCUT2D eigenvalue weighted by Crippen LogP contribution is -2.08. The Morgan fingerprint density at radius 3 is 2.00 bits per heavy atom. The molecule has 1 aromatic rings. The van der Waals surface area contributed by atoms with Gasteiger partial charge in [-0.25, -0.2) is 0 Å². The molecule has 0 atom stereocenters. The molecule has 0 spiro atoms. The molecule has 0 aromatic heterocycles. The zero-order valence-corrected chi connectivity index (χ0v) is 9.22. The molecule has 0 aliphatic rings. The molecule has 0 heterocycles. The number of rotatable bonds is 2. The standard InChI is InChI=1S/C14H17/c1-5-6-12-7-9-13(10-8-12)11-14(2,3)4/h7-10H,6,11H2,2-4H3. The van der Waals surface area contributed by atoms with Crippen molar-refractivity contribution in [3.8, 4) is 5.92 Å². The highest BCUT2D eigenvalue weighted by molar-refractivity contribution is 5.25. The molecule has 0 N–H and O–H groups in total. The van der Waals surface area contributed by atoms with Gasteiger partial charge in [-0.2, -0.15) is 0 Å². The summed E-state index contributed by atoms with van der Waals surface area (Å²) in [5, 5.41) is 0. The van der Waals surface area contributed by atoms with Crippen LogP contribution in [0.4, 0.5) is 0 Å². The van der Waals surface area contributed by atoms with Gasteiger partial charge in [0.05, 0.1) is 0 Å². The van der Waals surface area contributed by atoms with E-state index in [1.807, 2.05) is 0 Å². The molecule has 0 unspecified atom stereocenters. The molecule has 0 aliphatic heterocycles. The lowest BCUT2D eigenvalue weighted by Gasteiger charge is -2.18. The third-order valence-electron chi connectivity index (χ3n) is 2.05. The molecule has 0 fully saturated rings. The smallest absolute Gasteiger partial charge is 0.0350 e. The SMILES string of the molecule is [C]#CCc1ccc(CC(C)(C)C)cc1. The number of benzene rings is 1. The van der Waals surface area contributed by atoms with Crippen LogP contribution in [0.15, 0.2) is 24.3 Å². The van der Waals surface area contributed by atoms with Crippen molar-refractivity contribution in [1.82, 2.24) is 0 Å². The summed E-state index contributed by atoms with van der Waals surface area (Å²) in [6.07, 6.45) is 8.61. The molecule has 0 amide bonds. The monoisotopic (exact) mass is 185 g/mol. The molecule has 0 heteroatoms.